The van der Waals surface area contributed by atoms with Crippen molar-refractivity contribution in [2.45, 2.75) is 33.3 Å². The zero-order chi connectivity index (χ0) is 13.2. The van der Waals surface area contributed by atoms with Crippen molar-refractivity contribution in [1.82, 2.24) is 4.98 Å². The second kappa shape index (κ2) is 4.87. The highest BCUT2D eigenvalue weighted by molar-refractivity contribution is 6.29. The van der Waals surface area contributed by atoms with Gasteiger partial charge in [-0.15, -0.1) is 0 Å². The number of pyridine rings is 1. The first-order valence-electron chi connectivity index (χ1n) is 5.01. The van der Waals surface area contributed by atoms with Crippen LogP contribution in [0.5, 0.6) is 0 Å². The van der Waals surface area contributed by atoms with Crippen molar-refractivity contribution in [3.05, 3.63) is 22.7 Å². The van der Waals surface area contributed by atoms with Gasteiger partial charge in [-0.3, -0.25) is 5.32 Å². The number of ether oxygens (including phenoxy) is 1. The van der Waals surface area contributed by atoms with Crippen molar-refractivity contribution in [3.8, 4) is 0 Å². The number of amides is 1. The summed E-state index contributed by atoms with van der Waals surface area (Å²) < 4.78 is 18.2. The molecule has 0 saturated heterocycles. The van der Waals surface area contributed by atoms with Crippen molar-refractivity contribution in [2.24, 2.45) is 0 Å². The predicted octanol–water partition coefficient (Wildman–Crippen LogP) is 3.53. The van der Waals surface area contributed by atoms with E-state index in [2.05, 4.69) is 10.3 Å². The van der Waals surface area contributed by atoms with E-state index in [4.69, 9.17) is 16.3 Å². The topological polar surface area (TPSA) is 51.2 Å². The van der Waals surface area contributed by atoms with Crippen LogP contribution >= 0.6 is 11.6 Å². The molecule has 6 heteroatoms. The maximum atomic E-state index is 13.2. The molecule has 0 spiro atoms. The van der Waals surface area contributed by atoms with Crippen LogP contribution in [0.2, 0.25) is 5.15 Å². The smallest absolute Gasteiger partial charge is 0.412 e. The lowest BCUT2D eigenvalue weighted by atomic mass is 10.2. The first kappa shape index (κ1) is 13.7. The molecule has 17 heavy (non-hydrogen) atoms. The molecular formula is C11H14ClFN2O2. The van der Waals surface area contributed by atoms with E-state index >= 15 is 0 Å². The number of nitrogens with zero attached hydrogens (tertiary/aromatic N) is 1. The Morgan fingerprint density at radius 3 is 2.65 bits per heavy atom. The van der Waals surface area contributed by atoms with Crippen LogP contribution in [0, 0.1) is 12.7 Å². The molecule has 0 aliphatic heterocycles. The molecule has 0 aliphatic rings. The molecule has 1 aromatic rings. The Labute approximate surface area is 104 Å². The Bertz CT molecular complexity index is 444. The number of anilines is 1. The number of aryl methyl sites for hydroxylation is 1. The molecule has 1 heterocycles. The SMILES string of the molecule is Cc1nc(Cl)c(F)cc1NC(=O)OC(C)(C)C. The molecule has 0 fully saturated rings. The number of hydrogen-bond acceptors (Lipinski definition) is 3. The predicted molar refractivity (Wildman–Crippen MR) is 63.8 cm³/mol. The van der Waals surface area contributed by atoms with Gasteiger partial charge in [0.15, 0.2) is 11.0 Å². The molecule has 1 rings (SSSR count). The number of rotatable bonds is 1. The second-order valence-corrected chi connectivity index (χ2v) is 4.88. The number of carbonyl (C=O) groups excluding carboxylic acids is 1. The zero-order valence-electron chi connectivity index (χ0n) is 10.1. The highest BCUT2D eigenvalue weighted by atomic mass is 35.5. The Hall–Kier alpha value is -1.36. The molecule has 0 bridgehead atoms. The van der Waals surface area contributed by atoms with E-state index < -0.39 is 17.5 Å². The average Bonchev–Trinajstić information content (AvgIpc) is 2.11. The molecule has 0 aliphatic carbocycles. The molecule has 1 N–H and O–H groups in total. The third kappa shape index (κ3) is 4.19. The molecular weight excluding hydrogens is 247 g/mol. The van der Waals surface area contributed by atoms with Crippen LogP contribution in [-0.2, 0) is 4.74 Å². The maximum absolute atomic E-state index is 13.2. The Balaban J connectivity index is 2.82. The summed E-state index contributed by atoms with van der Waals surface area (Å²) in [5.41, 5.74) is 0.0412. The second-order valence-electron chi connectivity index (χ2n) is 4.52. The molecule has 0 unspecified atom stereocenters. The van der Waals surface area contributed by atoms with E-state index in [0.717, 1.165) is 6.07 Å². The monoisotopic (exact) mass is 260 g/mol. The molecule has 1 aromatic heterocycles. The molecule has 0 aromatic carbocycles. The van der Waals surface area contributed by atoms with Crippen LogP contribution in [0.15, 0.2) is 6.07 Å². The number of halogens is 2. The van der Waals surface area contributed by atoms with Crippen LogP contribution in [0.4, 0.5) is 14.9 Å². The quantitative estimate of drug-likeness (QED) is 0.786. The summed E-state index contributed by atoms with van der Waals surface area (Å²) in [7, 11) is 0. The standard InChI is InChI=1S/C11H14ClFN2O2/c1-6-8(5-7(13)9(12)14-6)15-10(16)17-11(2,3)4/h5H,1-4H3,(H,15,16). The van der Waals surface area contributed by atoms with Crippen molar-refractivity contribution < 1.29 is 13.9 Å². The van der Waals surface area contributed by atoms with Crippen molar-refractivity contribution in [3.63, 3.8) is 0 Å². The van der Waals surface area contributed by atoms with Crippen molar-refractivity contribution in [1.29, 1.82) is 0 Å². The van der Waals surface area contributed by atoms with Gasteiger partial charge >= 0.3 is 6.09 Å². The maximum Gasteiger partial charge on any atom is 0.412 e. The Morgan fingerprint density at radius 1 is 1.53 bits per heavy atom. The molecule has 0 atom stereocenters. The lowest BCUT2D eigenvalue weighted by Gasteiger charge is -2.20. The normalized spacial score (nSPS) is 11.2. The van der Waals surface area contributed by atoms with E-state index in [9.17, 15) is 9.18 Å². The van der Waals surface area contributed by atoms with Gasteiger partial charge in [0.2, 0.25) is 0 Å². The summed E-state index contributed by atoms with van der Waals surface area (Å²) in [4.78, 5) is 15.2. The van der Waals surface area contributed by atoms with Gasteiger partial charge < -0.3 is 4.74 Å². The van der Waals surface area contributed by atoms with Crippen molar-refractivity contribution >= 4 is 23.4 Å². The fourth-order valence-corrected chi connectivity index (χ4v) is 1.27. The van der Waals surface area contributed by atoms with Gasteiger partial charge in [0, 0.05) is 6.07 Å². The van der Waals surface area contributed by atoms with E-state index in [-0.39, 0.29) is 10.8 Å². The minimum absolute atomic E-state index is 0.225. The van der Waals surface area contributed by atoms with Crippen LogP contribution < -0.4 is 5.32 Å². The van der Waals surface area contributed by atoms with Gasteiger partial charge in [-0.2, -0.15) is 0 Å². The summed E-state index contributed by atoms with van der Waals surface area (Å²) in [6, 6.07) is 1.11. The molecule has 4 nitrogen and oxygen atoms in total. The molecule has 94 valence electrons. The summed E-state index contributed by atoms with van der Waals surface area (Å²) >= 11 is 5.50. The van der Waals surface area contributed by atoms with Gasteiger partial charge in [-0.05, 0) is 27.7 Å². The Morgan fingerprint density at radius 2 is 2.12 bits per heavy atom. The largest absolute Gasteiger partial charge is 0.444 e. The van der Waals surface area contributed by atoms with Crippen LogP contribution in [-0.4, -0.2) is 16.7 Å². The van der Waals surface area contributed by atoms with E-state index in [1.165, 1.54) is 0 Å². The molecule has 0 saturated carbocycles. The summed E-state index contributed by atoms with van der Waals surface area (Å²) in [5, 5.41) is 2.19. The summed E-state index contributed by atoms with van der Waals surface area (Å²) in [6.45, 7) is 6.82. The summed E-state index contributed by atoms with van der Waals surface area (Å²) in [5.74, 6) is -0.691. The van der Waals surface area contributed by atoms with Crippen LogP contribution in [0.1, 0.15) is 26.5 Å². The average molecular weight is 261 g/mol. The zero-order valence-corrected chi connectivity index (χ0v) is 10.9. The number of carbonyl (C=O) groups is 1. The van der Waals surface area contributed by atoms with Crippen LogP contribution in [0.3, 0.4) is 0 Å². The highest BCUT2D eigenvalue weighted by Crippen LogP contribution is 2.20. The van der Waals surface area contributed by atoms with Crippen molar-refractivity contribution in [2.75, 3.05) is 5.32 Å². The first-order chi connectivity index (χ1) is 7.69. The molecule has 0 radical (unpaired) electrons. The van der Waals surface area contributed by atoms with E-state index in [0.29, 0.717) is 5.69 Å². The van der Waals surface area contributed by atoms with Crippen LogP contribution in [0.25, 0.3) is 0 Å². The lowest BCUT2D eigenvalue weighted by molar-refractivity contribution is 0.0635. The van der Waals surface area contributed by atoms with E-state index in [1.54, 1.807) is 27.7 Å². The Kier molecular flexibility index (Phi) is 3.93. The molecule has 1 amide bonds. The van der Waals surface area contributed by atoms with Gasteiger partial charge in [-0.1, -0.05) is 11.6 Å². The minimum atomic E-state index is -0.691. The number of aromatic nitrogens is 1. The van der Waals surface area contributed by atoms with Gasteiger partial charge in [0.05, 0.1) is 11.4 Å². The van der Waals surface area contributed by atoms with E-state index in [1.807, 2.05) is 0 Å². The lowest BCUT2D eigenvalue weighted by Crippen LogP contribution is -2.27. The summed E-state index contributed by atoms with van der Waals surface area (Å²) in [6.07, 6.45) is -0.663. The fraction of sp³-hybridized carbons (Fsp3) is 0.455. The first-order valence-corrected chi connectivity index (χ1v) is 5.39. The number of nitrogens with one attached hydrogen (secondary N) is 1. The van der Waals surface area contributed by atoms with Gasteiger partial charge in [0.25, 0.3) is 0 Å². The highest BCUT2D eigenvalue weighted by Gasteiger charge is 2.17. The third-order valence-corrected chi connectivity index (χ3v) is 2.02. The number of hydrogen-bond donors (Lipinski definition) is 1. The van der Waals surface area contributed by atoms with Gasteiger partial charge in [-0.25, -0.2) is 14.2 Å². The van der Waals surface area contributed by atoms with Gasteiger partial charge in [0.1, 0.15) is 5.60 Å². The third-order valence-electron chi connectivity index (χ3n) is 1.76. The fourth-order valence-electron chi connectivity index (χ4n) is 1.09. The minimum Gasteiger partial charge on any atom is -0.444 e.